The summed E-state index contributed by atoms with van der Waals surface area (Å²) >= 11 is 0. The number of aliphatic hydroxyl groups is 1. The monoisotopic (exact) mass is 353 g/mol. The topological polar surface area (TPSA) is 49.8 Å². The molecule has 1 aromatic carbocycles. The maximum absolute atomic E-state index is 12.8. The largest absolute Gasteiger partial charge is 0.481 e. The minimum absolute atomic E-state index is 0.122. The third kappa shape index (κ3) is 1.62. The van der Waals surface area contributed by atoms with Crippen molar-refractivity contribution in [1.29, 1.82) is 0 Å². The van der Waals surface area contributed by atoms with Crippen LogP contribution < -0.4 is 4.74 Å². The normalized spacial score (nSPS) is 40.8. The van der Waals surface area contributed by atoms with Crippen molar-refractivity contribution >= 4 is 5.78 Å². The summed E-state index contributed by atoms with van der Waals surface area (Å²) in [4.78, 5) is 15.4. The quantitative estimate of drug-likeness (QED) is 0.888. The van der Waals surface area contributed by atoms with Gasteiger partial charge in [-0.1, -0.05) is 18.6 Å². The molecule has 0 aromatic heterocycles. The Bertz CT molecular complexity index is 816. The minimum atomic E-state index is -0.834. The van der Waals surface area contributed by atoms with E-state index in [1.807, 2.05) is 0 Å². The van der Waals surface area contributed by atoms with Crippen LogP contribution in [0.4, 0.5) is 0 Å². The number of aryl methyl sites for hydroxylation is 1. The second-order valence-corrected chi connectivity index (χ2v) is 9.37. The molecule has 3 fully saturated rings. The number of ether oxygens (including phenoxy) is 1. The van der Waals surface area contributed by atoms with Crippen molar-refractivity contribution < 1.29 is 14.6 Å². The molecule has 0 unspecified atom stereocenters. The highest BCUT2D eigenvalue weighted by atomic mass is 16.5. The second-order valence-electron chi connectivity index (χ2n) is 9.37. The number of hydrogen-bond donors (Lipinski definition) is 1. The van der Waals surface area contributed by atoms with Crippen molar-refractivity contribution in [3.63, 3.8) is 0 Å². The van der Waals surface area contributed by atoms with Crippen LogP contribution in [-0.2, 0) is 16.6 Å². The SMILES string of the molecule is Cc1ccc2c3c1O[C@H]1C(=O)CC[C@@]4(O)[C@@H](C2)N(CC2CCC2)CC[C@]314. The van der Waals surface area contributed by atoms with E-state index < -0.39 is 17.1 Å². The molecule has 2 saturated carbocycles. The Labute approximate surface area is 154 Å². The first-order chi connectivity index (χ1) is 12.5. The fourth-order valence-electron chi connectivity index (χ4n) is 6.79. The van der Waals surface area contributed by atoms with Gasteiger partial charge in [0.15, 0.2) is 11.9 Å². The van der Waals surface area contributed by atoms with E-state index in [0.29, 0.717) is 12.8 Å². The Morgan fingerprint density at radius 3 is 2.92 bits per heavy atom. The van der Waals surface area contributed by atoms with Gasteiger partial charge in [-0.2, -0.15) is 0 Å². The second kappa shape index (κ2) is 4.90. The molecule has 138 valence electrons. The van der Waals surface area contributed by atoms with Gasteiger partial charge in [-0.05, 0) is 62.6 Å². The summed E-state index contributed by atoms with van der Waals surface area (Å²) in [5.74, 6) is 1.87. The number of piperidine rings is 1. The van der Waals surface area contributed by atoms with Gasteiger partial charge in [-0.25, -0.2) is 0 Å². The molecule has 0 radical (unpaired) electrons. The fourth-order valence-corrected chi connectivity index (χ4v) is 6.79. The molecule has 1 aromatic rings. The summed E-state index contributed by atoms with van der Waals surface area (Å²) in [6.07, 6.45) is 6.29. The van der Waals surface area contributed by atoms with Gasteiger partial charge < -0.3 is 9.84 Å². The number of carbonyl (C=O) groups excluding carboxylic acids is 1. The zero-order valence-electron chi connectivity index (χ0n) is 15.5. The highest BCUT2D eigenvalue weighted by Crippen LogP contribution is 2.63. The fraction of sp³-hybridized carbons (Fsp3) is 0.682. The molecule has 5 aliphatic rings. The number of carbonyl (C=O) groups is 1. The average molecular weight is 353 g/mol. The molecule has 2 heterocycles. The number of benzene rings is 1. The van der Waals surface area contributed by atoms with Crippen LogP contribution in [0.5, 0.6) is 5.75 Å². The van der Waals surface area contributed by atoms with E-state index in [4.69, 9.17) is 4.74 Å². The zero-order valence-corrected chi connectivity index (χ0v) is 15.5. The molecule has 2 bridgehead atoms. The van der Waals surface area contributed by atoms with Gasteiger partial charge in [-0.3, -0.25) is 9.69 Å². The highest BCUT2D eigenvalue weighted by molar-refractivity contribution is 5.89. The molecule has 26 heavy (non-hydrogen) atoms. The summed E-state index contributed by atoms with van der Waals surface area (Å²) < 4.78 is 6.31. The van der Waals surface area contributed by atoms with Gasteiger partial charge in [0.1, 0.15) is 5.75 Å². The minimum Gasteiger partial charge on any atom is -0.481 e. The summed E-state index contributed by atoms with van der Waals surface area (Å²) in [7, 11) is 0. The molecule has 1 N–H and O–H groups in total. The Morgan fingerprint density at radius 1 is 1.31 bits per heavy atom. The van der Waals surface area contributed by atoms with Crippen LogP contribution in [0.2, 0.25) is 0 Å². The van der Waals surface area contributed by atoms with Crippen LogP contribution in [0, 0.1) is 12.8 Å². The lowest BCUT2D eigenvalue weighted by Gasteiger charge is -2.63. The number of ketones is 1. The maximum Gasteiger partial charge on any atom is 0.174 e. The number of hydrogen-bond acceptors (Lipinski definition) is 4. The van der Waals surface area contributed by atoms with Crippen molar-refractivity contribution in [2.24, 2.45) is 5.92 Å². The summed E-state index contributed by atoms with van der Waals surface area (Å²) in [6, 6.07) is 4.47. The summed E-state index contributed by atoms with van der Waals surface area (Å²) in [5.41, 5.74) is 2.23. The Balaban J connectivity index is 1.53. The van der Waals surface area contributed by atoms with Gasteiger partial charge in [-0.15, -0.1) is 0 Å². The third-order valence-electron chi connectivity index (χ3n) is 8.30. The number of Topliss-reactive ketones (excluding diaryl/α,β-unsaturated/α-hetero) is 1. The average Bonchev–Trinajstić information content (AvgIpc) is 2.93. The van der Waals surface area contributed by atoms with Crippen molar-refractivity contribution in [3.8, 4) is 5.75 Å². The Morgan fingerprint density at radius 2 is 2.15 bits per heavy atom. The molecule has 4 atom stereocenters. The van der Waals surface area contributed by atoms with Gasteiger partial charge in [0.25, 0.3) is 0 Å². The predicted octanol–water partition coefficient (Wildman–Crippen LogP) is 2.52. The predicted molar refractivity (Wildman–Crippen MR) is 97.5 cm³/mol. The first-order valence-corrected chi connectivity index (χ1v) is 10.3. The smallest absolute Gasteiger partial charge is 0.174 e. The molecule has 2 aliphatic heterocycles. The van der Waals surface area contributed by atoms with Gasteiger partial charge >= 0.3 is 0 Å². The summed E-state index contributed by atoms with van der Waals surface area (Å²) in [6.45, 7) is 4.14. The molecule has 1 spiro atoms. The van der Waals surface area contributed by atoms with Crippen LogP contribution in [0.15, 0.2) is 12.1 Å². The number of nitrogens with zero attached hydrogens (tertiary/aromatic N) is 1. The Kier molecular flexibility index (Phi) is 2.95. The van der Waals surface area contributed by atoms with Crippen LogP contribution in [0.1, 0.15) is 55.2 Å². The van der Waals surface area contributed by atoms with Crippen molar-refractivity contribution in [1.82, 2.24) is 4.90 Å². The zero-order chi connectivity index (χ0) is 17.7. The number of rotatable bonds is 2. The van der Waals surface area contributed by atoms with Gasteiger partial charge in [0.05, 0.1) is 11.0 Å². The maximum atomic E-state index is 12.8. The molecule has 1 saturated heterocycles. The lowest BCUT2D eigenvalue weighted by Crippen LogP contribution is -2.76. The van der Waals surface area contributed by atoms with Crippen molar-refractivity contribution in [3.05, 3.63) is 28.8 Å². The summed E-state index contributed by atoms with van der Waals surface area (Å²) in [5, 5.41) is 12.1. The molecular weight excluding hydrogens is 326 g/mol. The van der Waals surface area contributed by atoms with Crippen LogP contribution in [-0.4, -0.2) is 46.6 Å². The first-order valence-electron chi connectivity index (χ1n) is 10.3. The van der Waals surface area contributed by atoms with Crippen molar-refractivity contribution in [2.75, 3.05) is 13.1 Å². The lowest BCUT2D eigenvalue weighted by molar-refractivity contribution is -0.190. The Hall–Kier alpha value is -1.39. The van der Waals surface area contributed by atoms with Crippen molar-refractivity contribution in [2.45, 2.75) is 75.0 Å². The van der Waals surface area contributed by atoms with E-state index in [1.165, 1.54) is 30.4 Å². The standard InChI is InChI=1S/C22H27NO3/c1-13-5-6-15-11-17-22(25)8-7-16(24)20-21(22,18(15)19(13)26-20)9-10-23(17)12-14-3-2-4-14/h5-6,14,17,20,25H,2-4,7-12H2,1H3/t17-,20+,21+,22-/m1/s1. The van der Waals surface area contributed by atoms with Gasteiger partial charge in [0, 0.05) is 24.6 Å². The number of likely N-dealkylation sites (tertiary alicyclic amines) is 1. The molecule has 3 aliphatic carbocycles. The molecule has 4 nitrogen and oxygen atoms in total. The molecule has 4 heteroatoms. The van der Waals surface area contributed by atoms with E-state index in [2.05, 4.69) is 24.0 Å². The molecule has 0 amide bonds. The third-order valence-corrected chi connectivity index (χ3v) is 8.30. The highest BCUT2D eigenvalue weighted by Gasteiger charge is 2.72. The van der Waals surface area contributed by atoms with E-state index in [1.54, 1.807) is 0 Å². The van der Waals surface area contributed by atoms with Crippen LogP contribution in [0.3, 0.4) is 0 Å². The molecule has 6 rings (SSSR count). The van der Waals surface area contributed by atoms with E-state index >= 15 is 0 Å². The van der Waals surface area contributed by atoms with Crippen LogP contribution in [0.25, 0.3) is 0 Å². The lowest BCUT2D eigenvalue weighted by atomic mass is 9.49. The van der Waals surface area contributed by atoms with E-state index in [0.717, 1.165) is 43.2 Å². The van der Waals surface area contributed by atoms with E-state index in [9.17, 15) is 9.90 Å². The van der Waals surface area contributed by atoms with Crippen LogP contribution >= 0.6 is 0 Å². The first kappa shape index (κ1) is 15.6. The van der Waals surface area contributed by atoms with E-state index in [-0.39, 0.29) is 11.8 Å². The molecular formula is C22H27NO3. The van der Waals surface area contributed by atoms with Gasteiger partial charge in [0.2, 0.25) is 0 Å².